The number of carbonyl (C=O) groups is 1. The maximum atomic E-state index is 12.1. The number of hydrogen-bond acceptors (Lipinski definition) is 2. The molecule has 98 valence electrons. The molecule has 1 fully saturated rings. The third kappa shape index (κ3) is 3.52. The summed E-state index contributed by atoms with van der Waals surface area (Å²) >= 11 is 4.22. The Bertz CT molecular complexity index is 405. The molecule has 2 atom stereocenters. The van der Waals surface area contributed by atoms with Gasteiger partial charge in [-0.3, -0.25) is 4.79 Å². The van der Waals surface area contributed by atoms with Gasteiger partial charge in [0.05, 0.1) is 0 Å². The molecule has 0 saturated heterocycles. The molecule has 0 spiro atoms. The van der Waals surface area contributed by atoms with Gasteiger partial charge in [0.1, 0.15) is 0 Å². The molecule has 3 heteroatoms. The van der Waals surface area contributed by atoms with Crippen LogP contribution in [-0.4, -0.2) is 11.9 Å². The molecule has 1 aliphatic rings. The van der Waals surface area contributed by atoms with E-state index in [1.807, 2.05) is 24.3 Å². The lowest BCUT2D eigenvalue weighted by Crippen LogP contribution is -2.40. The molecule has 1 N–H and O–H groups in total. The van der Waals surface area contributed by atoms with Crippen LogP contribution in [0.1, 0.15) is 43.5 Å². The molecular weight excluding hydrogens is 242 g/mol. The van der Waals surface area contributed by atoms with Gasteiger partial charge >= 0.3 is 0 Å². The second-order valence-electron chi connectivity index (χ2n) is 5.63. The number of rotatable bonds is 2. The standard InChI is InChI=1S/C15H21NOS/c1-10-7-11(2)9-13(8-10)16-15(17)12-3-5-14(18)6-4-12/h3-6,10-11,13,18H,7-9H2,1-2H3,(H,16,17). The summed E-state index contributed by atoms with van der Waals surface area (Å²) in [5, 5.41) is 3.15. The summed E-state index contributed by atoms with van der Waals surface area (Å²) in [5.41, 5.74) is 0.721. The predicted octanol–water partition coefficient (Wildman–Crippen LogP) is 3.53. The maximum Gasteiger partial charge on any atom is 0.251 e. The molecule has 0 bridgehead atoms. The van der Waals surface area contributed by atoms with Crippen LogP contribution in [-0.2, 0) is 0 Å². The quantitative estimate of drug-likeness (QED) is 0.785. The maximum absolute atomic E-state index is 12.1. The smallest absolute Gasteiger partial charge is 0.251 e. The van der Waals surface area contributed by atoms with Crippen LogP contribution in [0.3, 0.4) is 0 Å². The zero-order chi connectivity index (χ0) is 13.1. The summed E-state index contributed by atoms with van der Waals surface area (Å²) in [4.78, 5) is 13.0. The van der Waals surface area contributed by atoms with Crippen LogP contribution in [0.25, 0.3) is 0 Å². The monoisotopic (exact) mass is 263 g/mol. The molecule has 0 radical (unpaired) electrons. The van der Waals surface area contributed by atoms with Gasteiger partial charge in [0.25, 0.3) is 5.91 Å². The van der Waals surface area contributed by atoms with Crippen molar-refractivity contribution < 1.29 is 4.79 Å². The Morgan fingerprint density at radius 3 is 2.22 bits per heavy atom. The minimum absolute atomic E-state index is 0.0367. The van der Waals surface area contributed by atoms with E-state index in [1.54, 1.807) is 0 Å². The summed E-state index contributed by atoms with van der Waals surface area (Å²) in [6.07, 6.45) is 3.47. The van der Waals surface area contributed by atoms with Crippen molar-refractivity contribution in [3.05, 3.63) is 29.8 Å². The molecule has 2 unspecified atom stereocenters. The van der Waals surface area contributed by atoms with E-state index in [9.17, 15) is 4.79 Å². The second-order valence-corrected chi connectivity index (χ2v) is 6.15. The summed E-state index contributed by atoms with van der Waals surface area (Å²) < 4.78 is 0. The third-order valence-corrected chi connectivity index (χ3v) is 3.94. The van der Waals surface area contributed by atoms with Crippen molar-refractivity contribution >= 4 is 18.5 Å². The van der Waals surface area contributed by atoms with Crippen molar-refractivity contribution in [2.75, 3.05) is 0 Å². The van der Waals surface area contributed by atoms with Crippen molar-refractivity contribution in [2.45, 2.75) is 44.0 Å². The van der Waals surface area contributed by atoms with Crippen LogP contribution < -0.4 is 5.32 Å². The second kappa shape index (κ2) is 5.79. The van der Waals surface area contributed by atoms with E-state index < -0.39 is 0 Å². The summed E-state index contributed by atoms with van der Waals surface area (Å²) in [5.74, 6) is 1.45. The Balaban J connectivity index is 1.96. The number of carbonyl (C=O) groups excluding carboxylic acids is 1. The summed E-state index contributed by atoms with van der Waals surface area (Å²) in [7, 11) is 0. The molecule has 1 saturated carbocycles. The van der Waals surface area contributed by atoms with Crippen LogP contribution in [0, 0.1) is 11.8 Å². The van der Waals surface area contributed by atoms with Crippen molar-refractivity contribution in [3.63, 3.8) is 0 Å². The van der Waals surface area contributed by atoms with Crippen LogP contribution in [0.2, 0.25) is 0 Å². The number of hydrogen-bond donors (Lipinski definition) is 2. The summed E-state index contributed by atoms with van der Waals surface area (Å²) in [6.45, 7) is 4.54. The predicted molar refractivity (Wildman–Crippen MR) is 77.1 cm³/mol. The number of thiol groups is 1. The van der Waals surface area contributed by atoms with Crippen molar-refractivity contribution in [2.24, 2.45) is 11.8 Å². The molecule has 0 aromatic heterocycles. The van der Waals surface area contributed by atoms with Gasteiger partial charge in [0.2, 0.25) is 0 Å². The molecule has 1 aromatic carbocycles. The molecule has 2 nitrogen and oxygen atoms in total. The molecule has 1 amide bonds. The largest absolute Gasteiger partial charge is 0.349 e. The van der Waals surface area contributed by atoms with Crippen LogP contribution in [0.4, 0.5) is 0 Å². The zero-order valence-corrected chi connectivity index (χ0v) is 11.9. The van der Waals surface area contributed by atoms with Crippen LogP contribution >= 0.6 is 12.6 Å². The fraction of sp³-hybridized carbons (Fsp3) is 0.533. The van der Waals surface area contributed by atoms with E-state index in [4.69, 9.17) is 0 Å². The first-order valence-electron chi connectivity index (χ1n) is 6.64. The fourth-order valence-electron chi connectivity index (χ4n) is 2.95. The number of amides is 1. The highest BCUT2D eigenvalue weighted by Gasteiger charge is 2.25. The zero-order valence-electron chi connectivity index (χ0n) is 11.0. The Morgan fingerprint density at radius 2 is 1.67 bits per heavy atom. The average Bonchev–Trinajstić information content (AvgIpc) is 2.28. The van der Waals surface area contributed by atoms with Gasteiger partial charge in [-0.1, -0.05) is 13.8 Å². The van der Waals surface area contributed by atoms with E-state index in [-0.39, 0.29) is 5.91 Å². The Labute approximate surface area is 115 Å². The molecule has 0 heterocycles. The highest BCUT2D eigenvalue weighted by molar-refractivity contribution is 7.80. The minimum Gasteiger partial charge on any atom is -0.349 e. The normalized spacial score (nSPS) is 27.8. The lowest BCUT2D eigenvalue weighted by Gasteiger charge is -2.31. The molecule has 0 aliphatic heterocycles. The Morgan fingerprint density at radius 1 is 1.11 bits per heavy atom. The Kier molecular flexibility index (Phi) is 4.33. The van der Waals surface area contributed by atoms with E-state index >= 15 is 0 Å². The lowest BCUT2D eigenvalue weighted by molar-refractivity contribution is 0.0911. The van der Waals surface area contributed by atoms with E-state index in [1.165, 1.54) is 6.42 Å². The molecule has 1 aliphatic carbocycles. The first-order chi connectivity index (χ1) is 8.54. The van der Waals surface area contributed by atoms with Gasteiger partial charge in [-0.25, -0.2) is 0 Å². The first kappa shape index (κ1) is 13.5. The van der Waals surface area contributed by atoms with Gasteiger partial charge < -0.3 is 5.32 Å². The molecule has 2 rings (SSSR count). The highest BCUT2D eigenvalue weighted by Crippen LogP contribution is 2.28. The average molecular weight is 263 g/mol. The van der Waals surface area contributed by atoms with Gasteiger partial charge in [0, 0.05) is 16.5 Å². The SMILES string of the molecule is CC1CC(C)CC(NC(=O)c2ccc(S)cc2)C1. The van der Waals surface area contributed by atoms with Gasteiger partial charge in [-0.2, -0.15) is 0 Å². The Hall–Kier alpha value is -0.960. The molecular formula is C15H21NOS. The fourth-order valence-corrected chi connectivity index (χ4v) is 3.10. The van der Waals surface area contributed by atoms with Crippen molar-refractivity contribution in [1.82, 2.24) is 5.32 Å². The molecule has 1 aromatic rings. The van der Waals surface area contributed by atoms with Crippen molar-refractivity contribution in [1.29, 1.82) is 0 Å². The minimum atomic E-state index is 0.0367. The lowest BCUT2D eigenvalue weighted by atomic mass is 9.80. The van der Waals surface area contributed by atoms with Crippen molar-refractivity contribution in [3.8, 4) is 0 Å². The van der Waals surface area contributed by atoms with Gasteiger partial charge in [0.15, 0.2) is 0 Å². The van der Waals surface area contributed by atoms with Crippen LogP contribution in [0.15, 0.2) is 29.2 Å². The number of benzene rings is 1. The highest BCUT2D eigenvalue weighted by atomic mass is 32.1. The summed E-state index contributed by atoms with van der Waals surface area (Å²) in [6, 6.07) is 7.68. The topological polar surface area (TPSA) is 29.1 Å². The van der Waals surface area contributed by atoms with Gasteiger partial charge in [-0.15, -0.1) is 12.6 Å². The third-order valence-electron chi connectivity index (χ3n) is 3.64. The number of nitrogens with one attached hydrogen (secondary N) is 1. The van der Waals surface area contributed by atoms with E-state index in [0.29, 0.717) is 17.9 Å². The molecule has 18 heavy (non-hydrogen) atoms. The van der Waals surface area contributed by atoms with Gasteiger partial charge in [-0.05, 0) is 55.4 Å². The van der Waals surface area contributed by atoms with E-state index in [0.717, 1.165) is 23.3 Å². The first-order valence-corrected chi connectivity index (χ1v) is 7.09. The van der Waals surface area contributed by atoms with E-state index in [2.05, 4.69) is 31.8 Å². The van der Waals surface area contributed by atoms with Crippen LogP contribution in [0.5, 0.6) is 0 Å².